The van der Waals surface area contributed by atoms with Crippen molar-refractivity contribution in [2.45, 2.75) is 12.5 Å². The van der Waals surface area contributed by atoms with E-state index in [0.717, 1.165) is 4.86 Å². The molecule has 5 heterocycles. The van der Waals surface area contributed by atoms with Crippen LogP contribution >= 0.6 is 23.8 Å². The van der Waals surface area contributed by atoms with Crippen LogP contribution in [0.4, 0.5) is 5.82 Å². The lowest BCUT2D eigenvalue weighted by atomic mass is 10.2. The highest BCUT2D eigenvalue weighted by molar-refractivity contribution is 7.80. The van der Waals surface area contributed by atoms with Gasteiger partial charge in [0, 0.05) is 30.9 Å². The maximum atomic E-state index is 12.9. The van der Waals surface area contributed by atoms with Gasteiger partial charge in [0.1, 0.15) is 35.4 Å². The maximum Gasteiger partial charge on any atom is 0.279 e. The number of hydrogen-bond donors (Lipinski definition) is 1. The topological polar surface area (TPSA) is 108 Å². The van der Waals surface area contributed by atoms with E-state index < -0.39 is 6.04 Å². The molecule has 1 atom stereocenters. The lowest BCUT2D eigenvalue weighted by Gasteiger charge is -2.26. The van der Waals surface area contributed by atoms with Gasteiger partial charge in [-0.2, -0.15) is 10.4 Å². The van der Waals surface area contributed by atoms with Gasteiger partial charge in [-0.25, -0.2) is 14.5 Å². The number of halogens is 1. The summed E-state index contributed by atoms with van der Waals surface area (Å²) in [5.74, 6) is 1.07. The molecule has 4 aromatic rings. The molecule has 5 rings (SSSR count). The Labute approximate surface area is 174 Å². The van der Waals surface area contributed by atoms with E-state index >= 15 is 0 Å². The first-order valence-electron chi connectivity index (χ1n) is 8.76. The van der Waals surface area contributed by atoms with Crippen LogP contribution in [0.2, 0.25) is 5.02 Å². The number of fused-ring (bicyclic) bond motifs is 2. The molecule has 0 radical (unpaired) electrons. The molecule has 0 amide bonds. The van der Waals surface area contributed by atoms with Crippen molar-refractivity contribution in [3.05, 3.63) is 51.6 Å². The second-order valence-corrected chi connectivity index (χ2v) is 7.66. The summed E-state index contributed by atoms with van der Waals surface area (Å²) in [5, 5.41) is 15.1. The van der Waals surface area contributed by atoms with Gasteiger partial charge in [0.15, 0.2) is 5.82 Å². The molecule has 29 heavy (non-hydrogen) atoms. The SMILES string of the molecule is Cn1c([C@@H]2C(=S)CCN2c2ncnc3[nH]cc(C#N)c23)nn2ccc(Cl)c2c1=O. The number of nitrogens with zero attached hydrogens (tertiary/aromatic N) is 7. The number of H-pyrrole nitrogens is 1. The molecule has 144 valence electrons. The minimum Gasteiger partial charge on any atom is -0.345 e. The van der Waals surface area contributed by atoms with E-state index in [9.17, 15) is 10.1 Å². The molecular weight excluding hydrogens is 412 g/mol. The quantitative estimate of drug-likeness (QED) is 0.491. The molecular formula is C18H13ClN8OS. The molecule has 1 fully saturated rings. The second-order valence-electron chi connectivity index (χ2n) is 6.73. The van der Waals surface area contributed by atoms with Gasteiger partial charge in [-0.05, 0) is 12.5 Å². The number of anilines is 1. The molecule has 1 aliphatic rings. The summed E-state index contributed by atoms with van der Waals surface area (Å²) in [6.45, 7) is 0.589. The van der Waals surface area contributed by atoms with Crippen LogP contribution in [0.15, 0.2) is 29.6 Å². The molecule has 1 aliphatic heterocycles. The van der Waals surface area contributed by atoms with Crippen molar-refractivity contribution in [1.29, 1.82) is 5.26 Å². The Morgan fingerprint density at radius 2 is 2.24 bits per heavy atom. The van der Waals surface area contributed by atoms with Gasteiger partial charge in [0.2, 0.25) is 0 Å². The van der Waals surface area contributed by atoms with E-state index in [4.69, 9.17) is 23.8 Å². The Balaban J connectivity index is 1.74. The summed E-state index contributed by atoms with van der Waals surface area (Å²) in [4.78, 5) is 27.2. The molecule has 0 bridgehead atoms. The molecule has 9 nitrogen and oxygen atoms in total. The van der Waals surface area contributed by atoms with Gasteiger partial charge in [0.05, 0.1) is 16.0 Å². The zero-order valence-electron chi connectivity index (χ0n) is 15.1. The Hall–Kier alpha value is -3.29. The molecule has 0 saturated carbocycles. The van der Waals surface area contributed by atoms with Gasteiger partial charge in [-0.1, -0.05) is 23.8 Å². The fraction of sp³-hybridized carbons (Fsp3) is 0.222. The smallest absolute Gasteiger partial charge is 0.279 e. The second kappa shape index (κ2) is 6.37. The molecule has 0 unspecified atom stereocenters. The summed E-state index contributed by atoms with van der Waals surface area (Å²) in [6.07, 6.45) is 5.33. The third-order valence-corrected chi connectivity index (χ3v) is 5.91. The van der Waals surface area contributed by atoms with Gasteiger partial charge in [-0.15, -0.1) is 0 Å². The summed E-state index contributed by atoms with van der Waals surface area (Å²) in [5.41, 5.74) is 1.07. The lowest BCUT2D eigenvalue weighted by molar-refractivity contribution is 0.641. The van der Waals surface area contributed by atoms with Gasteiger partial charge in [-0.3, -0.25) is 9.36 Å². The van der Waals surface area contributed by atoms with Crippen molar-refractivity contribution >= 4 is 51.1 Å². The Morgan fingerprint density at radius 3 is 3.03 bits per heavy atom. The number of nitrogens with one attached hydrogen (secondary N) is 1. The fourth-order valence-electron chi connectivity index (χ4n) is 3.80. The highest BCUT2D eigenvalue weighted by atomic mass is 35.5. The van der Waals surface area contributed by atoms with Gasteiger partial charge >= 0.3 is 0 Å². The predicted octanol–water partition coefficient (Wildman–Crippen LogP) is 2.15. The highest BCUT2D eigenvalue weighted by Crippen LogP contribution is 2.36. The summed E-state index contributed by atoms with van der Waals surface area (Å²) >= 11 is 11.8. The number of hydrogen-bond acceptors (Lipinski definition) is 7. The molecule has 0 aromatic carbocycles. The van der Waals surface area contributed by atoms with Crippen LogP contribution in [-0.2, 0) is 7.05 Å². The summed E-state index contributed by atoms with van der Waals surface area (Å²) in [6, 6.07) is 3.35. The number of rotatable bonds is 2. The van der Waals surface area contributed by atoms with Crippen LogP contribution in [0, 0.1) is 11.3 Å². The normalized spacial score (nSPS) is 16.8. The van der Waals surface area contributed by atoms with Crippen molar-refractivity contribution in [2.75, 3.05) is 11.4 Å². The molecule has 0 aliphatic carbocycles. The average molecular weight is 425 g/mol. The van der Waals surface area contributed by atoms with E-state index in [2.05, 4.69) is 26.1 Å². The van der Waals surface area contributed by atoms with E-state index in [1.54, 1.807) is 25.5 Å². The van der Waals surface area contributed by atoms with Crippen LogP contribution < -0.4 is 10.5 Å². The van der Waals surface area contributed by atoms with Crippen molar-refractivity contribution in [1.82, 2.24) is 29.1 Å². The first-order chi connectivity index (χ1) is 14.0. The number of aromatic nitrogens is 6. The molecule has 0 spiro atoms. The molecule has 4 aromatic heterocycles. The Kier molecular flexibility index (Phi) is 3.90. The standard InChI is InChI=1S/C18H13ClN8OS/c1-25-17(24-27-5-2-10(19)13(27)18(25)28)14-11(29)3-4-26(14)16-12-9(6-20)7-21-15(12)22-8-23-16/h2,5,7-8,14H,3-4H2,1H3,(H,21,22,23)/t14-/m0/s1. The highest BCUT2D eigenvalue weighted by Gasteiger charge is 2.36. The van der Waals surface area contributed by atoms with Crippen LogP contribution in [-0.4, -0.2) is 40.5 Å². The molecule has 1 N–H and O–H groups in total. The third kappa shape index (κ3) is 2.48. The first-order valence-corrected chi connectivity index (χ1v) is 9.55. The Bertz CT molecular complexity index is 1410. The van der Waals surface area contributed by atoms with Gasteiger partial charge < -0.3 is 9.88 Å². The van der Waals surface area contributed by atoms with Crippen molar-refractivity contribution in [3.8, 4) is 6.07 Å². The van der Waals surface area contributed by atoms with E-state index in [-0.39, 0.29) is 5.56 Å². The van der Waals surface area contributed by atoms with E-state index in [1.807, 2.05) is 4.90 Å². The number of thiocarbonyl (C=S) groups is 1. The maximum absolute atomic E-state index is 12.9. The lowest BCUT2D eigenvalue weighted by Crippen LogP contribution is -2.34. The van der Waals surface area contributed by atoms with E-state index in [0.29, 0.717) is 51.7 Å². The summed E-state index contributed by atoms with van der Waals surface area (Å²) < 4.78 is 2.95. The third-order valence-electron chi connectivity index (χ3n) is 5.18. The number of nitriles is 1. The largest absolute Gasteiger partial charge is 0.345 e. The number of aromatic amines is 1. The average Bonchev–Trinajstić information content (AvgIpc) is 3.41. The van der Waals surface area contributed by atoms with E-state index in [1.165, 1.54) is 15.4 Å². The summed E-state index contributed by atoms with van der Waals surface area (Å²) in [7, 11) is 1.65. The first kappa shape index (κ1) is 17.8. The van der Waals surface area contributed by atoms with Crippen molar-refractivity contribution in [3.63, 3.8) is 0 Å². The fourth-order valence-corrected chi connectivity index (χ4v) is 4.34. The van der Waals surface area contributed by atoms with Gasteiger partial charge in [0.25, 0.3) is 5.56 Å². The van der Waals surface area contributed by atoms with Crippen LogP contribution in [0.1, 0.15) is 23.9 Å². The zero-order valence-corrected chi connectivity index (χ0v) is 16.7. The zero-order chi connectivity index (χ0) is 20.3. The van der Waals surface area contributed by atoms with Crippen molar-refractivity contribution in [2.24, 2.45) is 7.05 Å². The minimum absolute atomic E-state index is 0.258. The monoisotopic (exact) mass is 424 g/mol. The van der Waals surface area contributed by atoms with Crippen LogP contribution in [0.3, 0.4) is 0 Å². The van der Waals surface area contributed by atoms with Crippen molar-refractivity contribution < 1.29 is 0 Å². The predicted molar refractivity (Wildman–Crippen MR) is 111 cm³/mol. The minimum atomic E-state index is -0.451. The van der Waals surface area contributed by atoms with Crippen LogP contribution in [0.25, 0.3) is 16.6 Å². The molecule has 1 saturated heterocycles. The van der Waals surface area contributed by atoms with Crippen LogP contribution in [0.5, 0.6) is 0 Å². The molecule has 11 heteroatoms. The Morgan fingerprint density at radius 1 is 1.41 bits per heavy atom.